The number of hydrogen-bond acceptors (Lipinski definition) is 3. The van der Waals surface area contributed by atoms with Gasteiger partial charge in [0, 0.05) is 18.7 Å². The van der Waals surface area contributed by atoms with Crippen molar-refractivity contribution in [2.24, 2.45) is 5.92 Å². The first-order valence-electron chi connectivity index (χ1n) is 9.10. The lowest BCUT2D eigenvalue weighted by atomic mass is 10.0. The van der Waals surface area contributed by atoms with Gasteiger partial charge in [-0.3, -0.25) is 4.79 Å². The molecule has 26 heavy (non-hydrogen) atoms. The van der Waals surface area contributed by atoms with E-state index in [1.807, 2.05) is 65.2 Å². The summed E-state index contributed by atoms with van der Waals surface area (Å²) in [6.07, 6.45) is 1.000. The number of aromatic nitrogens is 3. The van der Waals surface area contributed by atoms with Crippen LogP contribution in [0.5, 0.6) is 0 Å². The molecule has 0 aliphatic heterocycles. The minimum Gasteiger partial charge on any atom is -0.339 e. The maximum atomic E-state index is 12.7. The molecule has 1 heterocycles. The number of para-hydroxylation sites is 1. The number of carbonyl (C=O) groups excluding carboxylic acids is 1. The van der Waals surface area contributed by atoms with Crippen molar-refractivity contribution in [1.82, 2.24) is 19.9 Å². The Bertz CT molecular complexity index is 882. The van der Waals surface area contributed by atoms with E-state index in [0.717, 1.165) is 28.6 Å². The van der Waals surface area contributed by atoms with Crippen LogP contribution >= 0.6 is 0 Å². The maximum Gasteiger partial charge on any atom is 0.253 e. The van der Waals surface area contributed by atoms with Crippen molar-refractivity contribution in [3.05, 3.63) is 59.7 Å². The number of hydrogen-bond donors (Lipinski definition) is 0. The third kappa shape index (κ3) is 3.93. The molecule has 5 heteroatoms. The molecule has 5 nitrogen and oxygen atoms in total. The molecule has 0 fully saturated rings. The fourth-order valence-electron chi connectivity index (χ4n) is 3.20. The zero-order valence-electron chi connectivity index (χ0n) is 15.9. The van der Waals surface area contributed by atoms with Gasteiger partial charge in [0.15, 0.2) is 0 Å². The van der Waals surface area contributed by atoms with E-state index in [-0.39, 0.29) is 11.9 Å². The number of fused-ring (bicyclic) bond motifs is 1. The van der Waals surface area contributed by atoms with Crippen molar-refractivity contribution in [3.63, 3.8) is 0 Å². The third-order valence-electron chi connectivity index (χ3n) is 4.75. The van der Waals surface area contributed by atoms with Gasteiger partial charge in [0.1, 0.15) is 5.52 Å². The van der Waals surface area contributed by atoms with Crippen LogP contribution in [-0.4, -0.2) is 38.9 Å². The number of amides is 1. The summed E-state index contributed by atoms with van der Waals surface area (Å²) in [6, 6.07) is 15.9. The average molecular weight is 350 g/mol. The summed E-state index contributed by atoms with van der Waals surface area (Å²) in [6.45, 7) is 7.09. The minimum atomic E-state index is 0.0657. The molecule has 0 aliphatic carbocycles. The average Bonchev–Trinajstić information content (AvgIpc) is 3.03. The van der Waals surface area contributed by atoms with Crippen molar-refractivity contribution in [3.8, 4) is 0 Å². The van der Waals surface area contributed by atoms with Crippen LogP contribution in [0.1, 0.15) is 43.1 Å². The van der Waals surface area contributed by atoms with Crippen LogP contribution in [0.4, 0.5) is 0 Å². The molecule has 0 saturated carbocycles. The van der Waals surface area contributed by atoms with Crippen LogP contribution in [0.25, 0.3) is 11.0 Å². The van der Waals surface area contributed by atoms with E-state index in [9.17, 15) is 4.79 Å². The van der Waals surface area contributed by atoms with E-state index in [2.05, 4.69) is 31.1 Å². The van der Waals surface area contributed by atoms with Gasteiger partial charge in [-0.05, 0) is 49.1 Å². The van der Waals surface area contributed by atoms with Crippen LogP contribution in [-0.2, 0) is 6.54 Å². The molecule has 1 aromatic heterocycles. The summed E-state index contributed by atoms with van der Waals surface area (Å²) in [5, 5.41) is 8.40. The van der Waals surface area contributed by atoms with Gasteiger partial charge in [0.2, 0.25) is 0 Å². The predicted molar refractivity (Wildman–Crippen MR) is 104 cm³/mol. The van der Waals surface area contributed by atoms with E-state index in [1.54, 1.807) is 0 Å². The highest BCUT2D eigenvalue weighted by atomic mass is 16.2. The first-order chi connectivity index (χ1) is 12.5. The highest BCUT2D eigenvalue weighted by Crippen LogP contribution is 2.16. The largest absolute Gasteiger partial charge is 0.339 e. The molecule has 1 atom stereocenters. The van der Waals surface area contributed by atoms with E-state index >= 15 is 0 Å². The molecule has 0 bridgehead atoms. The Labute approximate surface area is 154 Å². The van der Waals surface area contributed by atoms with Crippen LogP contribution in [0.15, 0.2) is 48.5 Å². The Kier molecular flexibility index (Phi) is 5.35. The predicted octanol–water partition coefficient (Wildman–Crippen LogP) is 3.99. The summed E-state index contributed by atoms with van der Waals surface area (Å²) in [5.74, 6) is 0.635. The molecule has 1 amide bonds. The van der Waals surface area contributed by atoms with Crippen molar-refractivity contribution >= 4 is 16.9 Å². The van der Waals surface area contributed by atoms with Crippen LogP contribution in [0.2, 0.25) is 0 Å². The SMILES string of the molecule is CC(C)CC(C)N(C)C(=O)c1ccc(Cn2nnc3ccccc32)cc1. The Morgan fingerprint density at radius 2 is 1.77 bits per heavy atom. The summed E-state index contributed by atoms with van der Waals surface area (Å²) in [7, 11) is 1.88. The van der Waals surface area contributed by atoms with Gasteiger partial charge >= 0.3 is 0 Å². The zero-order chi connectivity index (χ0) is 18.7. The zero-order valence-corrected chi connectivity index (χ0v) is 15.9. The van der Waals surface area contributed by atoms with E-state index in [0.29, 0.717) is 12.5 Å². The Morgan fingerprint density at radius 1 is 1.08 bits per heavy atom. The Hall–Kier alpha value is -2.69. The van der Waals surface area contributed by atoms with Gasteiger partial charge in [0.05, 0.1) is 12.1 Å². The molecule has 0 saturated heterocycles. The summed E-state index contributed by atoms with van der Waals surface area (Å²) < 4.78 is 1.88. The van der Waals surface area contributed by atoms with Crippen molar-refractivity contribution in [2.45, 2.75) is 39.8 Å². The lowest BCUT2D eigenvalue weighted by Crippen LogP contribution is -2.35. The van der Waals surface area contributed by atoms with E-state index in [4.69, 9.17) is 0 Å². The first-order valence-corrected chi connectivity index (χ1v) is 9.10. The molecular weight excluding hydrogens is 324 g/mol. The quantitative estimate of drug-likeness (QED) is 0.675. The molecule has 136 valence electrons. The van der Waals surface area contributed by atoms with Crippen molar-refractivity contribution < 1.29 is 4.79 Å². The minimum absolute atomic E-state index is 0.0657. The molecule has 0 radical (unpaired) electrons. The maximum absolute atomic E-state index is 12.7. The number of carbonyl (C=O) groups is 1. The van der Waals surface area contributed by atoms with E-state index < -0.39 is 0 Å². The van der Waals surface area contributed by atoms with Gasteiger partial charge in [-0.15, -0.1) is 5.10 Å². The number of rotatable bonds is 6. The van der Waals surface area contributed by atoms with Gasteiger partial charge in [-0.1, -0.05) is 43.3 Å². The third-order valence-corrected chi connectivity index (χ3v) is 4.75. The molecule has 2 aromatic carbocycles. The Balaban J connectivity index is 1.71. The van der Waals surface area contributed by atoms with E-state index in [1.165, 1.54) is 0 Å². The topological polar surface area (TPSA) is 51.0 Å². The van der Waals surface area contributed by atoms with Gasteiger partial charge < -0.3 is 4.90 Å². The van der Waals surface area contributed by atoms with Gasteiger partial charge in [-0.2, -0.15) is 0 Å². The second-order valence-electron chi connectivity index (χ2n) is 7.33. The molecule has 0 spiro atoms. The van der Waals surface area contributed by atoms with Crippen LogP contribution in [0, 0.1) is 5.92 Å². The summed E-state index contributed by atoms with van der Waals surface area (Å²) in [4.78, 5) is 14.5. The van der Waals surface area contributed by atoms with Gasteiger partial charge in [0.25, 0.3) is 5.91 Å². The molecule has 0 N–H and O–H groups in total. The fraction of sp³-hybridized carbons (Fsp3) is 0.381. The monoisotopic (exact) mass is 350 g/mol. The standard InChI is InChI=1S/C21H26N4O/c1-15(2)13-16(3)24(4)21(26)18-11-9-17(10-12-18)14-25-20-8-6-5-7-19(20)22-23-25/h5-12,15-16H,13-14H2,1-4H3. The van der Waals surface area contributed by atoms with Crippen LogP contribution in [0.3, 0.4) is 0 Å². The van der Waals surface area contributed by atoms with Gasteiger partial charge in [-0.25, -0.2) is 4.68 Å². The normalized spacial score (nSPS) is 12.5. The number of nitrogens with zero attached hydrogens (tertiary/aromatic N) is 4. The molecular formula is C21H26N4O. The second kappa shape index (κ2) is 7.68. The lowest BCUT2D eigenvalue weighted by Gasteiger charge is -2.26. The lowest BCUT2D eigenvalue weighted by molar-refractivity contribution is 0.0728. The number of benzene rings is 2. The highest BCUT2D eigenvalue weighted by molar-refractivity contribution is 5.94. The van der Waals surface area contributed by atoms with Crippen LogP contribution < -0.4 is 0 Å². The molecule has 3 rings (SSSR count). The molecule has 3 aromatic rings. The molecule has 1 unspecified atom stereocenters. The highest BCUT2D eigenvalue weighted by Gasteiger charge is 2.18. The van der Waals surface area contributed by atoms with Crippen molar-refractivity contribution in [1.29, 1.82) is 0 Å². The second-order valence-corrected chi connectivity index (χ2v) is 7.33. The smallest absolute Gasteiger partial charge is 0.253 e. The first kappa shape index (κ1) is 18.1. The molecule has 0 aliphatic rings. The Morgan fingerprint density at radius 3 is 2.46 bits per heavy atom. The summed E-state index contributed by atoms with van der Waals surface area (Å²) >= 11 is 0. The summed E-state index contributed by atoms with van der Waals surface area (Å²) in [5.41, 5.74) is 3.71. The fourth-order valence-corrected chi connectivity index (χ4v) is 3.20. The van der Waals surface area contributed by atoms with Crippen molar-refractivity contribution in [2.75, 3.05) is 7.05 Å².